The van der Waals surface area contributed by atoms with Gasteiger partial charge in [0.15, 0.2) is 0 Å². The molecule has 2 nitrogen and oxygen atoms in total. The van der Waals surface area contributed by atoms with E-state index in [2.05, 4.69) is 48.1 Å². The third-order valence-corrected chi connectivity index (χ3v) is 3.56. The molecule has 0 aliphatic rings. The molecule has 0 radical (unpaired) electrons. The fourth-order valence-corrected chi connectivity index (χ4v) is 2.80. The van der Waals surface area contributed by atoms with Crippen molar-refractivity contribution in [2.75, 3.05) is 12.4 Å². The van der Waals surface area contributed by atoms with E-state index in [9.17, 15) is 0 Å². The van der Waals surface area contributed by atoms with Gasteiger partial charge in [0, 0.05) is 10.5 Å². The molecular formula is C15H24BrNO. The molecule has 0 aliphatic heterocycles. The Balaban J connectivity index is 2.93. The lowest BCUT2D eigenvalue weighted by atomic mass is 10.1. The van der Waals surface area contributed by atoms with Gasteiger partial charge in [0.25, 0.3) is 0 Å². The van der Waals surface area contributed by atoms with Crippen LogP contribution in [0.4, 0.5) is 5.69 Å². The summed E-state index contributed by atoms with van der Waals surface area (Å²) in [5, 5.41) is 3.65. The van der Waals surface area contributed by atoms with E-state index >= 15 is 0 Å². The molecule has 1 rings (SSSR count). The first-order chi connectivity index (χ1) is 8.62. The first-order valence-corrected chi connectivity index (χ1v) is 7.52. The number of halogens is 1. The number of benzene rings is 1. The number of hydrogen-bond donors (Lipinski definition) is 1. The Bertz CT molecular complexity index is 373. The molecule has 0 saturated carbocycles. The molecule has 0 bridgehead atoms. The van der Waals surface area contributed by atoms with Crippen molar-refractivity contribution in [3.8, 4) is 5.75 Å². The maximum Gasteiger partial charge on any atom is 0.143 e. The van der Waals surface area contributed by atoms with Crippen molar-refractivity contribution in [2.24, 2.45) is 0 Å². The van der Waals surface area contributed by atoms with Crippen molar-refractivity contribution in [3.63, 3.8) is 0 Å². The third-order valence-electron chi connectivity index (χ3n) is 3.11. The van der Waals surface area contributed by atoms with Gasteiger partial charge >= 0.3 is 0 Å². The summed E-state index contributed by atoms with van der Waals surface area (Å²) in [5.74, 6) is 0.916. The van der Waals surface area contributed by atoms with E-state index in [0.29, 0.717) is 6.04 Å². The lowest BCUT2D eigenvalue weighted by Gasteiger charge is -2.22. The summed E-state index contributed by atoms with van der Waals surface area (Å²) in [6.07, 6.45) is 4.81. The van der Waals surface area contributed by atoms with Crippen molar-refractivity contribution < 1.29 is 4.74 Å². The van der Waals surface area contributed by atoms with E-state index in [-0.39, 0.29) is 0 Å². The summed E-state index contributed by atoms with van der Waals surface area (Å²) >= 11 is 3.51. The standard InChI is InChI=1S/C15H24BrNO/c1-5-7-13(8-6-2)17-15-11(3)9-12(16)10-14(15)18-4/h9-10,13,17H,5-8H2,1-4H3. The smallest absolute Gasteiger partial charge is 0.143 e. The average molecular weight is 314 g/mol. The predicted octanol–water partition coefficient (Wildman–Crippen LogP) is 5.15. The minimum absolute atomic E-state index is 0.536. The Hall–Kier alpha value is -0.700. The van der Waals surface area contributed by atoms with E-state index < -0.39 is 0 Å². The zero-order valence-corrected chi connectivity index (χ0v) is 13.4. The minimum atomic E-state index is 0.536. The summed E-state index contributed by atoms with van der Waals surface area (Å²) in [5.41, 5.74) is 2.35. The Morgan fingerprint density at radius 2 is 1.83 bits per heavy atom. The molecule has 0 heterocycles. The fourth-order valence-electron chi connectivity index (χ4n) is 2.25. The largest absolute Gasteiger partial charge is 0.495 e. The quantitative estimate of drug-likeness (QED) is 0.752. The number of hydrogen-bond acceptors (Lipinski definition) is 2. The second-order valence-electron chi connectivity index (χ2n) is 4.72. The van der Waals surface area contributed by atoms with Crippen LogP contribution in [-0.4, -0.2) is 13.2 Å². The van der Waals surface area contributed by atoms with Crippen molar-refractivity contribution in [3.05, 3.63) is 22.2 Å². The van der Waals surface area contributed by atoms with Gasteiger partial charge in [-0.1, -0.05) is 42.6 Å². The minimum Gasteiger partial charge on any atom is -0.495 e. The number of nitrogens with one attached hydrogen (secondary N) is 1. The molecule has 0 aromatic heterocycles. The number of methoxy groups -OCH3 is 1. The molecule has 102 valence electrons. The van der Waals surface area contributed by atoms with Crippen LogP contribution in [0.5, 0.6) is 5.75 Å². The van der Waals surface area contributed by atoms with Crippen LogP contribution in [0.25, 0.3) is 0 Å². The maximum absolute atomic E-state index is 5.47. The lowest BCUT2D eigenvalue weighted by molar-refractivity contribution is 0.414. The van der Waals surface area contributed by atoms with Crippen LogP contribution in [0.2, 0.25) is 0 Å². The maximum atomic E-state index is 5.47. The highest BCUT2D eigenvalue weighted by atomic mass is 79.9. The lowest BCUT2D eigenvalue weighted by Crippen LogP contribution is -2.20. The zero-order valence-electron chi connectivity index (χ0n) is 11.8. The molecule has 0 unspecified atom stereocenters. The van der Waals surface area contributed by atoms with E-state index in [4.69, 9.17) is 4.74 Å². The van der Waals surface area contributed by atoms with Gasteiger partial charge in [-0.05, 0) is 37.5 Å². The van der Waals surface area contributed by atoms with Crippen LogP contribution in [0.1, 0.15) is 45.1 Å². The Kier molecular flexibility index (Phi) is 6.55. The Morgan fingerprint density at radius 3 is 2.33 bits per heavy atom. The number of rotatable bonds is 7. The van der Waals surface area contributed by atoms with Crippen LogP contribution in [0.15, 0.2) is 16.6 Å². The van der Waals surface area contributed by atoms with Crippen LogP contribution >= 0.6 is 15.9 Å². The molecule has 0 atom stereocenters. The summed E-state index contributed by atoms with van der Waals surface area (Å²) in [7, 11) is 1.72. The first-order valence-electron chi connectivity index (χ1n) is 6.73. The Labute approximate surface area is 119 Å². The van der Waals surface area contributed by atoms with Crippen LogP contribution in [-0.2, 0) is 0 Å². The van der Waals surface area contributed by atoms with E-state index in [0.717, 1.165) is 15.9 Å². The average Bonchev–Trinajstić information content (AvgIpc) is 2.32. The molecule has 0 fully saturated rings. The Morgan fingerprint density at radius 1 is 1.22 bits per heavy atom. The second kappa shape index (κ2) is 7.67. The normalized spacial score (nSPS) is 10.8. The van der Waals surface area contributed by atoms with Gasteiger partial charge in [-0.3, -0.25) is 0 Å². The summed E-state index contributed by atoms with van der Waals surface area (Å²) in [4.78, 5) is 0. The van der Waals surface area contributed by atoms with Crippen LogP contribution in [0.3, 0.4) is 0 Å². The highest BCUT2D eigenvalue weighted by molar-refractivity contribution is 9.10. The van der Waals surface area contributed by atoms with Crippen molar-refractivity contribution >= 4 is 21.6 Å². The molecule has 1 N–H and O–H groups in total. The van der Waals surface area contributed by atoms with Gasteiger partial charge < -0.3 is 10.1 Å². The molecule has 18 heavy (non-hydrogen) atoms. The molecule has 0 saturated heterocycles. The van der Waals surface area contributed by atoms with E-state index in [1.54, 1.807) is 7.11 Å². The third kappa shape index (κ3) is 4.20. The van der Waals surface area contributed by atoms with Gasteiger partial charge in [0.05, 0.1) is 12.8 Å². The first kappa shape index (κ1) is 15.4. The number of anilines is 1. The van der Waals surface area contributed by atoms with Crippen molar-refractivity contribution in [2.45, 2.75) is 52.5 Å². The highest BCUT2D eigenvalue weighted by Crippen LogP contribution is 2.33. The van der Waals surface area contributed by atoms with Gasteiger partial charge in [-0.25, -0.2) is 0 Å². The molecule has 1 aromatic rings. The van der Waals surface area contributed by atoms with E-state index in [1.165, 1.54) is 31.2 Å². The molecule has 0 spiro atoms. The van der Waals surface area contributed by atoms with Crippen molar-refractivity contribution in [1.82, 2.24) is 0 Å². The molecule has 3 heteroatoms. The fraction of sp³-hybridized carbons (Fsp3) is 0.600. The van der Waals surface area contributed by atoms with Crippen molar-refractivity contribution in [1.29, 1.82) is 0 Å². The summed E-state index contributed by atoms with van der Waals surface area (Å²) in [6, 6.07) is 4.68. The summed E-state index contributed by atoms with van der Waals surface area (Å²) < 4.78 is 6.53. The second-order valence-corrected chi connectivity index (χ2v) is 5.63. The zero-order chi connectivity index (χ0) is 13.5. The molecule has 0 aliphatic carbocycles. The number of aryl methyl sites for hydroxylation is 1. The molecule has 0 amide bonds. The van der Waals surface area contributed by atoms with Gasteiger partial charge in [0.1, 0.15) is 5.75 Å². The van der Waals surface area contributed by atoms with Gasteiger partial charge in [-0.15, -0.1) is 0 Å². The van der Waals surface area contributed by atoms with E-state index in [1.807, 2.05) is 6.07 Å². The number of ether oxygens (including phenoxy) is 1. The monoisotopic (exact) mass is 313 g/mol. The highest BCUT2D eigenvalue weighted by Gasteiger charge is 2.13. The summed E-state index contributed by atoms with van der Waals surface area (Å²) in [6.45, 7) is 6.58. The van der Waals surface area contributed by atoms with Crippen LogP contribution in [0, 0.1) is 6.92 Å². The van der Waals surface area contributed by atoms with Gasteiger partial charge in [-0.2, -0.15) is 0 Å². The molecular weight excluding hydrogens is 290 g/mol. The predicted molar refractivity (Wildman–Crippen MR) is 82.7 cm³/mol. The van der Waals surface area contributed by atoms with Gasteiger partial charge in [0.2, 0.25) is 0 Å². The topological polar surface area (TPSA) is 21.3 Å². The van der Waals surface area contributed by atoms with Crippen LogP contribution < -0.4 is 10.1 Å². The SMILES string of the molecule is CCCC(CCC)Nc1c(C)cc(Br)cc1OC. The molecule has 1 aromatic carbocycles.